The van der Waals surface area contributed by atoms with E-state index < -0.39 is 10.3 Å². The Balaban J connectivity index is 0.000000281. The van der Waals surface area contributed by atoms with Crippen molar-refractivity contribution in [2.45, 2.75) is 27.2 Å². The molecule has 1 rings (SSSR count). The summed E-state index contributed by atoms with van der Waals surface area (Å²) < 4.78 is 24.0. The molecular formula is C10H18N2O3S. The second-order valence-corrected chi connectivity index (χ2v) is 4.46. The molecule has 0 amide bonds. The first kappa shape index (κ1) is 15.0. The Morgan fingerprint density at radius 3 is 2.00 bits per heavy atom. The van der Waals surface area contributed by atoms with Crippen LogP contribution in [0, 0.1) is 13.8 Å². The third-order valence-electron chi connectivity index (χ3n) is 1.48. The van der Waals surface area contributed by atoms with Gasteiger partial charge in [-0.1, -0.05) is 13.0 Å². The van der Waals surface area contributed by atoms with E-state index in [4.69, 9.17) is 0 Å². The van der Waals surface area contributed by atoms with Crippen LogP contribution in [0.4, 0.5) is 0 Å². The molecule has 0 aliphatic rings. The van der Waals surface area contributed by atoms with Gasteiger partial charge in [-0.05, 0) is 32.4 Å². The van der Waals surface area contributed by atoms with E-state index in [0.717, 1.165) is 11.4 Å². The van der Waals surface area contributed by atoms with Gasteiger partial charge in [0.1, 0.15) is 0 Å². The van der Waals surface area contributed by atoms with Crippen LogP contribution < -0.4 is 5.14 Å². The summed E-state index contributed by atoms with van der Waals surface area (Å²) in [4.78, 5) is 4.17. The molecule has 0 aliphatic carbocycles. The highest BCUT2D eigenvalue weighted by Crippen LogP contribution is 1.93. The Morgan fingerprint density at radius 2 is 1.81 bits per heavy atom. The second kappa shape index (κ2) is 7.32. The quantitative estimate of drug-likeness (QED) is 0.871. The van der Waals surface area contributed by atoms with Gasteiger partial charge in [0, 0.05) is 11.4 Å². The minimum absolute atomic E-state index is 0.166. The fraction of sp³-hybridized carbons (Fsp3) is 0.500. The van der Waals surface area contributed by atoms with Gasteiger partial charge >= 0.3 is 10.3 Å². The summed E-state index contributed by atoms with van der Waals surface area (Å²) in [6.45, 7) is 5.95. The number of aryl methyl sites for hydroxylation is 2. The van der Waals surface area contributed by atoms with Crippen LogP contribution in [0.15, 0.2) is 18.2 Å². The molecule has 16 heavy (non-hydrogen) atoms. The van der Waals surface area contributed by atoms with Crippen LogP contribution in [0.2, 0.25) is 0 Å². The molecule has 1 aromatic rings. The zero-order chi connectivity index (χ0) is 12.6. The minimum Gasteiger partial charge on any atom is -0.258 e. The molecule has 92 valence electrons. The van der Waals surface area contributed by atoms with Crippen molar-refractivity contribution in [1.29, 1.82) is 0 Å². The monoisotopic (exact) mass is 246 g/mol. The van der Waals surface area contributed by atoms with E-state index in [9.17, 15) is 8.42 Å². The zero-order valence-electron chi connectivity index (χ0n) is 9.80. The second-order valence-electron chi connectivity index (χ2n) is 3.24. The van der Waals surface area contributed by atoms with Crippen molar-refractivity contribution in [1.82, 2.24) is 4.98 Å². The van der Waals surface area contributed by atoms with E-state index in [1.165, 1.54) is 0 Å². The molecule has 0 unspecified atom stereocenters. The predicted octanol–water partition coefficient (Wildman–Crippen LogP) is 1.31. The number of rotatable bonds is 3. The molecular weight excluding hydrogens is 228 g/mol. The molecule has 0 aromatic carbocycles. The Labute approximate surface area is 96.9 Å². The number of aromatic nitrogens is 1. The van der Waals surface area contributed by atoms with E-state index in [0.29, 0.717) is 6.42 Å². The van der Waals surface area contributed by atoms with Crippen molar-refractivity contribution in [3.05, 3.63) is 29.6 Å². The lowest BCUT2D eigenvalue weighted by molar-refractivity contribution is 0.318. The predicted molar refractivity (Wildman–Crippen MR) is 63.1 cm³/mol. The van der Waals surface area contributed by atoms with Crippen molar-refractivity contribution in [2.24, 2.45) is 5.14 Å². The first-order chi connectivity index (χ1) is 7.35. The van der Waals surface area contributed by atoms with Gasteiger partial charge in [-0.15, -0.1) is 0 Å². The van der Waals surface area contributed by atoms with E-state index in [1.807, 2.05) is 32.0 Å². The summed E-state index contributed by atoms with van der Waals surface area (Å²) in [6, 6.07) is 6.00. The van der Waals surface area contributed by atoms with E-state index in [2.05, 4.69) is 14.3 Å². The van der Waals surface area contributed by atoms with Gasteiger partial charge in [-0.2, -0.15) is 8.42 Å². The Hall–Kier alpha value is -0.980. The number of pyridine rings is 1. The van der Waals surface area contributed by atoms with Crippen molar-refractivity contribution in [3.8, 4) is 0 Å². The van der Waals surface area contributed by atoms with Crippen LogP contribution in [0.25, 0.3) is 0 Å². The molecule has 6 heteroatoms. The molecule has 0 aliphatic heterocycles. The average molecular weight is 246 g/mol. The average Bonchev–Trinajstić information content (AvgIpc) is 2.14. The lowest BCUT2D eigenvalue weighted by Crippen LogP contribution is -2.15. The lowest BCUT2D eigenvalue weighted by atomic mass is 10.3. The summed E-state index contributed by atoms with van der Waals surface area (Å²) in [7, 11) is -3.69. The highest BCUT2D eigenvalue weighted by molar-refractivity contribution is 7.84. The smallest absolute Gasteiger partial charge is 0.258 e. The standard InChI is InChI=1S/C7H9N.C3H9NO3S/c1-6-4-3-5-7(2)8-6;1-2-3-7-8(4,5)6/h3-5H,1-2H3;2-3H2,1H3,(H2,4,5,6). The molecule has 1 aromatic heterocycles. The molecule has 0 atom stereocenters. The first-order valence-corrected chi connectivity index (χ1v) is 6.39. The van der Waals surface area contributed by atoms with Crippen molar-refractivity contribution < 1.29 is 12.6 Å². The Bertz CT molecular complexity index is 387. The SMILES string of the molecule is CCCOS(N)(=O)=O.Cc1cccc(C)n1. The highest BCUT2D eigenvalue weighted by atomic mass is 32.2. The van der Waals surface area contributed by atoms with Gasteiger partial charge in [0.15, 0.2) is 0 Å². The summed E-state index contributed by atoms with van der Waals surface area (Å²) in [5.41, 5.74) is 2.18. The van der Waals surface area contributed by atoms with Gasteiger partial charge in [0.25, 0.3) is 0 Å². The van der Waals surface area contributed by atoms with Gasteiger partial charge in [0.05, 0.1) is 6.61 Å². The van der Waals surface area contributed by atoms with E-state index in [1.54, 1.807) is 6.92 Å². The Morgan fingerprint density at radius 1 is 1.31 bits per heavy atom. The minimum atomic E-state index is -3.69. The molecule has 0 saturated heterocycles. The van der Waals surface area contributed by atoms with Crippen LogP contribution in [0.3, 0.4) is 0 Å². The molecule has 2 N–H and O–H groups in total. The van der Waals surface area contributed by atoms with Crippen LogP contribution >= 0.6 is 0 Å². The van der Waals surface area contributed by atoms with E-state index in [-0.39, 0.29) is 6.61 Å². The maximum Gasteiger partial charge on any atom is 0.333 e. The van der Waals surface area contributed by atoms with Crippen molar-refractivity contribution in [3.63, 3.8) is 0 Å². The molecule has 0 radical (unpaired) electrons. The fourth-order valence-corrected chi connectivity index (χ4v) is 1.28. The molecule has 0 bridgehead atoms. The molecule has 1 heterocycles. The molecule has 0 saturated carbocycles. The number of hydrogen-bond acceptors (Lipinski definition) is 4. The van der Waals surface area contributed by atoms with Crippen molar-refractivity contribution in [2.75, 3.05) is 6.61 Å². The van der Waals surface area contributed by atoms with Gasteiger partial charge in [-0.25, -0.2) is 5.14 Å². The van der Waals surface area contributed by atoms with Crippen LogP contribution in [0.1, 0.15) is 24.7 Å². The molecule has 0 fully saturated rings. The third-order valence-corrected chi connectivity index (χ3v) is 1.97. The number of nitrogens with zero attached hydrogens (tertiary/aromatic N) is 1. The summed E-state index contributed by atoms with van der Waals surface area (Å²) in [5.74, 6) is 0. The maximum atomic E-state index is 9.95. The first-order valence-electron chi connectivity index (χ1n) is 4.92. The van der Waals surface area contributed by atoms with Crippen molar-refractivity contribution >= 4 is 10.3 Å². The van der Waals surface area contributed by atoms with Crippen LogP contribution in [-0.4, -0.2) is 20.0 Å². The summed E-state index contributed by atoms with van der Waals surface area (Å²) in [5, 5.41) is 4.47. The third kappa shape index (κ3) is 9.57. The number of hydrogen-bond donors (Lipinski definition) is 1. The normalized spacial score (nSPS) is 10.5. The highest BCUT2D eigenvalue weighted by Gasteiger charge is 1.97. The number of nitrogens with two attached hydrogens (primary N) is 1. The maximum absolute atomic E-state index is 9.95. The largest absolute Gasteiger partial charge is 0.333 e. The summed E-state index contributed by atoms with van der Waals surface area (Å²) >= 11 is 0. The topological polar surface area (TPSA) is 82.3 Å². The van der Waals surface area contributed by atoms with Crippen LogP contribution in [-0.2, 0) is 14.5 Å². The summed E-state index contributed by atoms with van der Waals surface area (Å²) in [6.07, 6.45) is 0.649. The molecule has 0 spiro atoms. The van der Waals surface area contributed by atoms with Gasteiger partial charge in [0.2, 0.25) is 0 Å². The zero-order valence-corrected chi connectivity index (χ0v) is 10.6. The molecule has 5 nitrogen and oxygen atoms in total. The van der Waals surface area contributed by atoms with Gasteiger partial charge < -0.3 is 0 Å². The fourth-order valence-electron chi connectivity index (χ4n) is 0.879. The lowest BCUT2D eigenvalue weighted by Gasteiger charge is -1.93. The Kier molecular flexibility index (Phi) is 6.87. The van der Waals surface area contributed by atoms with Gasteiger partial charge in [-0.3, -0.25) is 9.17 Å². The van der Waals surface area contributed by atoms with E-state index >= 15 is 0 Å². The van der Waals surface area contributed by atoms with Crippen LogP contribution in [0.5, 0.6) is 0 Å².